The molecule has 0 amide bonds. The fraction of sp³-hybridized carbons (Fsp3) is 0.167. The van der Waals surface area contributed by atoms with Gasteiger partial charge in [-0.1, -0.05) is 6.07 Å². The molecular weight excluding hydrogens is 206 g/mol. The zero-order chi connectivity index (χ0) is 10.8. The Morgan fingerprint density at radius 3 is 2.60 bits per heavy atom. The number of pyridine rings is 1. The summed E-state index contributed by atoms with van der Waals surface area (Å²) in [7, 11) is 0. The molecule has 0 aliphatic carbocycles. The topological polar surface area (TPSA) is 30.0 Å². The van der Waals surface area contributed by atoms with Crippen molar-refractivity contribution in [3.63, 3.8) is 0 Å². The van der Waals surface area contributed by atoms with E-state index in [2.05, 4.69) is 23.4 Å². The molecular formula is C12H11NOS. The van der Waals surface area contributed by atoms with Crippen LogP contribution in [0.2, 0.25) is 0 Å². The Morgan fingerprint density at radius 2 is 2.13 bits per heavy atom. The van der Waals surface area contributed by atoms with Gasteiger partial charge in [-0.3, -0.25) is 9.78 Å². The van der Waals surface area contributed by atoms with Crippen molar-refractivity contribution in [2.24, 2.45) is 0 Å². The minimum atomic E-state index is 0.00282. The maximum Gasteiger partial charge on any atom is 0.178 e. The first-order valence-corrected chi connectivity index (χ1v) is 5.57. The van der Waals surface area contributed by atoms with E-state index in [0.717, 1.165) is 5.56 Å². The molecule has 0 aliphatic heterocycles. The zero-order valence-corrected chi connectivity index (χ0v) is 9.47. The van der Waals surface area contributed by atoms with Crippen molar-refractivity contribution in [2.75, 3.05) is 0 Å². The number of rotatable bonds is 2. The SMILES string of the molecule is CC(=O)c1ccc(-c2csc(C)c2)cn1. The van der Waals surface area contributed by atoms with Gasteiger partial charge in [0.25, 0.3) is 0 Å². The van der Waals surface area contributed by atoms with Crippen LogP contribution >= 0.6 is 11.3 Å². The van der Waals surface area contributed by atoms with E-state index in [9.17, 15) is 4.79 Å². The van der Waals surface area contributed by atoms with E-state index in [1.54, 1.807) is 23.6 Å². The number of aryl methyl sites for hydroxylation is 1. The third-order valence-electron chi connectivity index (χ3n) is 2.19. The van der Waals surface area contributed by atoms with Gasteiger partial charge >= 0.3 is 0 Å². The minimum Gasteiger partial charge on any atom is -0.293 e. The molecule has 0 radical (unpaired) electrons. The number of nitrogens with zero attached hydrogens (tertiary/aromatic N) is 1. The Balaban J connectivity index is 2.35. The number of carbonyl (C=O) groups is 1. The molecule has 0 saturated heterocycles. The molecule has 0 aliphatic rings. The first-order valence-electron chi connectivity index (χ1n) is 4.69. The third-order valence-corrected chi connectivity index (χ3v) is 3.05. The van der Waals surface area contributed by atoms with Crippen LogP contribution in [0, 0.1) is 6.92 Å². The largest absolute Gasteiger partial charge is 0.293 e. The molecule has 0 spiro atoms. The molecule has 0 atom stereocenters. The average Bonchev–Trinajstić information content (AvgIpc) is 2.65. The molecule has 2 rings (SSSR count). The second kappa shape index (κ2) is 3.95. The van der Waals surface area contributed by atoms with Gasteiger partial charge in [0.15, 0.2) is 5.78 Å². The van der Waals surface area contributed by atoms with Gasteiger partial charge in [0, 0.05) is 23.6 Å². The molecule has 0 saturated carbocycles. The van der Waals surface area contributed by atoms with Gasteiger partial charge in [0.1, 0.15) is 5.69 Å². The number of carbonyl (C=O) groups excluding carboxylic acids is 1. The molecule has 0 bridgehead atoms. The van der Waals surface area contributed by atoms with Crippen LogP contribution in [0.1, 0.15) is 22.3 Å². The maximum atomic E-state index is 11.0. The first kappa shape index (κ1) is 10.1. The number of hydrogen-bond donors (Lipinski definition) is 0. The van der Waals surface area contributed by atoms with E-state index in [-0.39, 0.29) is 5.78 Å². The lowest BCUT2D eigenvalue weighted by Crippen LogP contribution is -1.95. The summed E-state index contributed by atoms with van der Waals surface area (Å²) >= 11 is 1.72. The normalized spacial score (nSPS) is 10.3. The van der Waals surface area contributed by atoms with Crippen molar-refractivity contribution in [3.05, 3.63) is 40.3 Å². The summed E-state index contributed by atoms with van der Waals surface area (Å²) in [6.07, 6.45) is 1.75. The lowest BCUT2D eigenvalue weighted by molar-refractivity contribution is 0.101. The molecule has 15 heavy (non-hydrogen) atoms. The maximum absolute atomic E-state index is 11.0. The molecule has 2 aromatic rings. The fourth-order valence-electron chi connectivity index (χ4n) is 1.37. The Bertz CT molecular complexity index is 485. The lowest BCUT2D eigenvalue weighted by Gasteiger charge is -1.98. The first-order chi connectivity index (χ1) is 7.16. The van der Waals surface area contributed by atoms with Gasteiger partial charge in [-0.05, 0) is 30.0 Å². The Kier molecular flexibility index (Phi) is 2.64. The molecule has 2 aromatic heterocycles. The number of aromatic nitrogens is 1. The molecule has 0 unspecified atom stereocenters. The highest BCUT2D eigenvalue weighted by molar-refractivity contribution is 7.10. The fourth-order valence-corrected chi connectivity index (χ4v) is 2.08. The van der Waals surface area contributed by atoms with Crippen LogP contribution in [-0.2, 0) is 0 Å². The van der Waals surface area contributed by atoms with Crippen LogP contribution in [-0.4, -0.2) is 10.8 Å². The molecule has 2 nitrogen and oxygen atoms in total. The van der Waals surface area contributed by atoms with Gasteiger partial charge in [-0.15, -0.1) is 11.3 Å². The molecule has 2 heterocycles. The Labute approximate surface area is 92.6 Å². The van der Waals surface area contributed by atoms with Crippen LogP contribution in [0.25, 0.3) is 11.1 Å². The highest BCUT2D eigenvalue weighted by Gasteiger charge is 2.03. The minimum absolute atomic E-state index is 0.00282. The van der Waals surface area contributed by atoms with Crippen molar-refractivity contribution in [1.82, 2.24) is 4.98 Å². The molecule has 0 N–H and O–H groups in total. The van der Waals surface area contributed by atoms with Crippen molar-refractivity contribution in [2.45, 2.75) is 13.8 Å². The van der Waals surface area contributed by atoms with Gasteiger partial charge in [-0.25, -0.2) is 0 Å². The van der Waals surface area contributed by atoms with Crippen LogP contribution in [0.4, 0.5) is 0 Å². The van der Waals surface area contributed by atoms with Gasteiger partial charge in [0.2, 0.25) is 0 Å². The van der Waals surface area contributed by atoms with E-state index < -0.39 is 0 Å². The number of Topliss-reactive ketones (excluding diaryl/α,β-unsaturated/α-hetero) is 1. The third kappa shape index (κ3) is 2.13. The van der Waals surface area contributed by atoms with Crippen LogP contribution in [0.5, 0.6) is 0 Å². The number of ketones is 1. The molecule has 3 heteroatoms. The van der Waals surface area contributed by atoms with E-state index in [1.165, 1.54) is 17.4 Å². The van der Waals surface area contributed by atoms with Crippen molar-refractivity contribution < 1.29 is 4.79 Å². The van der Waals surface area contributed by atoms with Crippen molar-refractivity contribution in [3.8, 4) is 11.1 Å². The summed E-state index contributed by atoms with van der Waals surface area (Å²) in [6, 6.07) is 5.82. The summed E-state index contributed by atoms with van der Waals surface area (Å²) in [4.78, 5) is 16.4. The smallest absolute Gasteiger partial charge is 0.178 e. The number of thiophene rings is 1. The van der Waals surface area contributed by atoms with Crippen molar-refractivity contribution in [1.29, 1.82) is 0 Å². The van der Waals surface area contributed by atoms with Crippen LogP contribution in [0.15, 0.2) is 29.8 Å². The van der Waals surface area contributed by atoms with Crippen LogP contribution in [0.3, 0.4) is 0 Å². The van der Waals surface area contributed by atoms with E-state index in [0.29, 0.717) is 5.69 Å². The lowest BCUT2D eigenvalue weighted by atomic mass is 10.1. The summed E-state index contributed by atoms with van der Waals surface area (Å²) < 4.78 is 0. The van der Waals surface area contributed by atoms with Crippen molar-refractivity contribution >= 4 is 17.1 Å². The summed E-state index contributed by atoms with van der Waals surface area (Å²) in [5, 5.41) is 2.10. The Hall–Kier alpha value is -1.48. The van der Waals surface area contributed by atoms with E-state index >= 15 is 0 Å². The summed E-state index contributed by atoms with van der Waals surface area (Å²) in [5.41, 5.74) is 2.75. The highest BCUT2D eigenvalue weighted by Crippen LogP contribution is 2.24. The van der Waals surface area contributed by atoms with Gasteiger partial charge in [-0.2, -0.15) is 0 Å². The molecule has 0 fully saturated rings. The van der Waals surface area contributed by atoms with Gasteiger partial charge < -0.3 is 0 Å². The number of hydrogen-bond acceptors (Lipinski definition) is 3. The molecule has 76 valence electrons. The quantitative estimate of drug-likeness (QED) is 0.722. The standard InChI is InChI=1S/C12H11NOS/c1-8-5-11(7-15-8)10-3-4-12(9(2)14)13-6-10/h3-7H,1-2H3. The van der Waals surface area contributed by atoms with Crippen LogP contribution < -0.4 is 0 Å². The summed E-state index contributed by atoms with van der Waals surface area (Å²) in [5.74, 6) is 0.00282. The second-order valence-corrected chi connectivity index (χ2v) is 4.55. The van der Waals surface area contributed by atoms with E-state index in [4.69, 9.17) is 0 Å². The average molecular weight is 217 g/mol. The predicted molar refractivity (Wildman–Crippen MR) is 62.3 cm³/mol. The monoisotopic (exact) mass is 217 g/mol. The molecule has 0 aromatic carbocycles. The summed E-state index contributed by atoms with van der Waals surface area (Å²) in [6.45, 7) is 3.60. The highest BCUT2D eigenvalue weighted by atomic mass is 32.1. The second-order valence-electron chi connectivity index (χ2n) is 3.43. The predicted octanol–water partition coefficient (Wildman–Crippen LogP) is 3.32. The Morgan fingerprint density at radius 1 is 1.33 bits per heavy atom. The zero-order valence-electron chi connectivity index (χ0n) is 8.65. The van der Waals surface area contributed by atoms with Gasteiger partial charge in [0.05, 0.1) is 0 Å². The van der Waals surface area contributed by atoms with E-state index in [1.807, 2.05) is 6.07 Å².